The van der Waals surface area contributed by atoms with Crippen molar-refractivity contribution in [1.29, 1.82) is 0 Å². The number of rotatable bonds is 8. The summed E-state index contributed by atoms with van der Waals surface area (Å²) >= 11 is 0. The first-order valence-corrected chi connectivity index (χ1v) is 11.6. The minimum atomic E-state index is -4.37. The molecule has 10 heteroatoms. The quantitative estimate of drug-likeness (QED) is 0.278. The zero-order valence-corrected chi connectivity index (χ0v) is 17.1. The number of aldehydes is 1. The first-order valence-electron chi connectivity index (χ1n) is 8.50. The maximum absolute atomic E-state index is 11.5. The number of carbonyl (C=O) groups excluding carboxylic acids is 1. The highest BCUT2D eigenvalue weighted by molar-refractivity contribution is 7.86. The molecule has 1 heterocycles. The van der Waals surface area contributed by atoms with Crippen LogP contribution >= 0.6 is 0 Å². The van der Waals surface area contributed by atoms with E-state index in [0.717, 1.165) is 0 Å². The van der Waals surface area contributed by atoms with Gasteiger partial charge in [-0.15, -0.1) is 0 Å². The van der Waals surface area contributed by atoms with E-state index in [1.165, 1.54) is 18.2 Å². The number of hydrogen-bond donors (Lipinski definition) is 2. The molecule has 1 aliphatic rings. The molecule has 0 aliphatic carbocycles. The molecule has 2 N–H and O–H groups in total. The first kappa shape index (κ1) is 22.3. The second kappa shape index (κ2) is 8.16. The maximum Gasteiger partial charge on any atom is 0.294 e. The topological polar surface area (TPSA) is 129 Å². The van der Waals surface area contributed by atoms with Crippen molar-refractivity contribution < 1.29 is 30.7 Å². The number of carbonyl (C=O) groups is 1. The number of anilines is 1. The fourth-order valence-electron chi connectivity index (χ4n) is 3.44. The van der Waals surface area contributed by atoms with Crippen LogP contribution < -0.4 is 4.90 Å². The average Bonchev–Trinajstić information content (AvgIpc) is 2.77. The molecule has 154 valence electrons. The Morgan fingerprint density at radius 1 is 1.11 bits per heavy atom. The van der Waals surface area contributed by atoms with Crippen molar-refractivity contribution in [3.8, 4) is 0 Å². The van der Waals surface area contributed by atoms with E-state index in [1.54, 1.807) is 18.2 Å². The van der Waals surface area contributed by atoms with Crippen LogP contribution in [0.4, 0.5) is 5.69 Å². The molecular weight excluding hydrogens is 406 g/mol. The lowest BCUT2D eigenvalue weighted by molar-refractivity contribution is -0.104. The summed E-state index contributed by atoms with van der Waals surface area (Å²) in [6, 6.07) is 4.01. The molecule has 1 aliphatic heterocycles. The van der Waals surface area contributed by atoms with E-state index in [1.807, 2.05) is 24.8 Å². The fourth-order valence-corrected chi connectivity index (χ4v) is 4.44. The van der Waals surface area contributed by atoms with Gasteiger partial charge in [0.1, 0.15) is 6.29 Å². The van der Waals surface area contributed by atoms with Gasteiger partial charge in [0.15, 0.2) is 0 Å². The van der Waals surface area contributed by atoms with Crippen molar-refractivity contribution in [3.63, 3.8) is 0 Å². The third-order valence-corrected chi connectivity index (χ3v) is 6.39. The maximum atomic E-state index is 11.5. The number of nitrogens with zero attached hydrogens (tertiary/aromatic N) is 1. The van der Waals surface area contributed by atoms with Crippen molar-refractivity contribution in [1.82, 2.24) is 0 Å². The Morgan fingerprint density at radius 2 is 1.79 bits per heavy atom. The highest BCUT2D eigenvalue weighted by atomic mass is 32.2. The molecule has 0 aromatic heterocycles. The van der Waals surface area contributed by atoms with E-state index < -0.39 is 31.4 Å². The van der Waals surface area contributed by atoms with Gasteiger partial charge in [0, 0.05) is 17.6 Å². The van der Waals surface area contributed by atoms with Crippen molar-refractivity contribution >= 4 is 32.2 Å². The summed E-state index contributed by atoms with van der Waals surface area (Å²) in [5.41, 5.74) is 0.824. The highest BCUT2D eigenvalue weighted by Gasteiger charge is 2.43. The molecule has 1 aromatic carbocycles. The minimum absolute atomic E-state index is 0.170. The van der Waals surface area contributed by atoms with E-state index in [4.69, 9.17) is 4.55 Å². The monoisotopic (exact) mass is 429 g/mol. The summed E-state index contributed by atoms with van der Waals surface area (Å²) in [6.45, 7) is 4.11. The van der Waals surface area contributed by atoms with E-state index in [-0.39, 0.29) is 17.4 Å². The van der Waals surface area contributed by atoms with Gasteiger partial charge in [-0.25, -0.2) is 0 Å². The first-order chi connectivity index (χ1) is 12.9. The predicted octanol–water partition coefficient (Wildman–Crippen LogP) is 1.99. The Morgan fingerprint density at radius 3 is 2.36 bits per heavy atom. The van der Waals surface area contributed by atoms with Gasteiger partial charge in [-0.1, -0.05) is 32.1 Å². The zero-order valence-electron chi connectivity index (χ0n) is 15.5. The Hall–Kier alpha value is -2.01. The van der Waals surface area contributed by atoms with Crippen molar-refractivity contribution in [2.75, 3.05) is 17.2 Å². The Bertz CT molecular complexity index is 1010. The summed E-state index contributed by atoms with van der Waals surface area (Å²) in [5, 5.41) is 0. The highest BCUT2D eigenvalue weighted by Crippen LogP contribution is 2.46. The largest absolute Gasteiger partial charge is 0.364 e. The fraction of sp³-hybridized carbons (Fsp3) is 0.389. The summed E-state index contributed by atoms with van der Waals surface area (Å²) < 4.78 is 63.5. The van der Waals surface area contributed by atoms with Crippen LogP contribution in [0, 0.1) is 0 Å². The molecule has 1 atom stereocenters. The lowest BCUT2D eigenvalue weighted by Gasteiger charge is -2.32. The summed E-state index contributed by atoms with van der Waals surface area (Å²) in [6.07, 6.45) is 7.22. The molecule has 0 bridgehead atoms. The smallest absolute Gasteiger partial charge is 0.294 e. The molecule has 0 spiro atoms. The van der Waals surface area contributed by atoms with Crippen LogP contribution in [0.5, 0.6) is 0 Å². The van der Waals surface area contributed by atoms with E-state index in [0.29, 0.717) is 24.1 Å². The lowest BCUT2D eigenvalue weighted by atomic mass is 9.80. The molecule has 0 saturated carbocycles. The SMILES string of the molecule is CC1(C)c2cc(S(=O)(=O)O)ccc2N(CCCS(=O)(=O)O)C1C=CC=CC=O. The normalized spacial score (nSPS) is 19.4. The van der Waals surface area contributed by atoms with Gasteiger partial charge in [-0.2, -0.15) is 16.8 Å². The summed E-state index contributed by atoms with van der Waals surface area (Å²) in [7, 11) is -8.47. The summed E-state index contributed by atoms with van der Waals surface area (Å²) in [5.74, 6) is -0.399. The van der Waals surface area contributed by atoms with Gasteiger partial charge in [-0.05, 0) is 36.3 Å². The second-order valence-electron chi connectivity index (χ2n) is 7.06. The van der Waals surface area contributed by atoms with Crippen LogP contribution in [0.1, 0.15) is 25.8 Å². The third-order valence-electron chi connectivity index (χ3n) is 4.74. The zero-order chi connectivity index (χ0) is 21.2. The molecule has 28 heavy (non-hydrogen) atoms. The van der Waals surface area contributed by atoms with Gasteiger partial charge in [0.25, 0.3) is 20.2 Å². The Labute approximate surface area is 165 Å². The third kappa shape index (κ3) is 5.07. The van der Waals surface area contributed by atoms with E-state index >= 15 is 0 Å². The number of fused-ring (bicyclic) bond motifs is 1. The van der Waals surface area contributed by atoms with E-state index in [2.05, 4.69) is 0 Å². The second-order valence-corrected chi connectivity index (χ2v) is 10.1. The Kier molecular flexibility index (Phi) is 6.49. The van der Waals surface area contributed by atoms with Crippen molar-refractivity contribution in [2.45, 2.75) is 36.6 Å². The van der Waals surface area contributed by atoms with Crippen LogP contribution in [0.2, 0.25) is 0 Å². The molecule has 0 amide bonds. The molecule has 0 fully saturated rings. The average molecular weight is 430 g/mol. The number of benzene rings is 1. The molecular formula is C18H23NO7S2. The predicted molar refractivity (Wildman–Crippen MR) is 106 cm³/mol. The minimum Gasteiger partial charge on any atom is -0.364 e. The molecule has 1 aromatic rings. The molecule has 8 nitrogen and oxygen atoms in total. The molecule has 1 unspecified atom stereocenters. The van der Waals surface area contributed by atoms with Crippen LogP contribution in [-0.4, -0.2) is 50.6 Å². The van der Waals surface area contributed by atoms with Gasteiger partial charge in [-0.3, -0.25) is 13.9 Å². The van der Waals surface area contributed by atoms with Crippen molar-refractivity contribution in [2.24, 2.45) is 0 Å². The van der Waals surface area contributed by atoms with Gasteiger partial charge in [0.2, 0.25) is 0 Å². The molecule has 0 saturated heterocycles. The Balaban J connectivity index is 2.47. The van der Waals surface area contributed by atoms with Gasteiger partial charge < -0.3 is 4.90 Å². The van der Waals surface area contributed by atoms with E-state index in [9.17, 15) is 26.2 Å². The van der Waals surface area contributed by atoms with Gasteiger partial charge in [0.05, 0.1) is 16.7 Å². The molecule has 0 radical (unpaired) electrons. The van der Waals surface area contributed by atoms with Crippen LogP contribution in [0.3, 0.4) is 0 Å². The van der Waals surface area contributed by atoms with Gasteiger partial charge >= 0.3 is 0 Å². The van der Waals surface area contributed by atoms with Crippen LogP contribution in [0.15, 0.2) is 47.4 Å². The summed E-state index contributed by atoms with van der Waals surface area (Å²) in [4.78, 5) is 12.1. The standard InChI is InChI=1S/C18H23NO7S2/c1-18(2)15-13-14(28(24,25)26)8-9-16(15)19(10-6-12-27(21,22)23)17(18)7-4-3-5-11-20/h3-5,7-9,11,13,17H,6,10,12H2,1-2H3,(H,21,22,23)(H,24,25,26). The van der Waals surface area contributed by atoms with Crippen LogP contribution in [0.25, 0.3) is 0 Å². The van der Waals surface area contributed by atoms with Crippen LogP contribution in [-0.2, 0) is 30.4 Å². The lowest BCUT2D eigenvalue weighted by Crippen LogP contribution is -2.40. The molecule has 2 rings (SSSR count). The number of allylic oxidation sites excluding steroid dienone is 3. The number of hydrogen-bond acceptors (Lipinski definition) is 6. The van der Waals surface area contributed by atoms with Crippen molar-refractivity contribution in [3.05, 3.63) is 48.1 Å².